The van der Waals surface area contributed by atoms with E-state index in [2.05, 4.69) is 65.4 Å². The molecule has 1 fully saturated rings. The summed E-state index contributed by atoms with van der Waals surface area (Å²) in [6.45, 7) is 9.05. The average Bonchev–Trinajstić information content (AvgIpc) is 2.97. The van der Waals surface area contributed by atoms with Gasteiger partial charge >= 0.3 is 0 Å². The third-order valence-electron chi connectivity index (χ3n) is 8.98. The number of H-pyrrole nitrogens is 1. The minimum Gasteiger partial charge on any atom is -0.369 e. The summed E-state index contributed by atoms with van der Waals surface area (Å²) in [5.74, 6) is -0.185. The second-order valence-electron chi connectivity index (χ2n) is 11.9. The second-order valence-corrected chi connectivity index (χ2v) is 11.9. The van der Waals surface area contributed by atoms with Crippen molar-refractivity contribution < 1.29 is 4.79 Å². The van der Waals surface area contributed by atoms with Crippen LogP contribution in [0.4, 0.5) is 5.69 Å². The van der Waals surface area contributed by atoms with Crippen LogP contribution in [0.5, 0.6) is 0 Å². The Morgan fingerprint density at radius 1 is 1.00 bits per heavy atom. The van der Waals surface area contributed by atoms with Gasteiger partial charge in [0, 0.05) is 64.8 Å². The van der Waals surface area contributed by atoms with Crippen LogP contribution < -0.4 is 15.8 Å². The number of nitrogens with one attached hydrogen (secondary N) is 2. The first-order valence-corrected chi connectivity index (χ1v) is 15.1. The first-order chi connectivity index (χ1) is 20.2. The lowest BCUT2D eigenvalue weighted by atomic mass is 9.88. The predicted octanol–water partition coefficient (Wildman–Crippen LogP) is 6.14. The standard InChI is InChI=1S/C35H43N5O2/c1-7-40(28-15-13-27(14-16-28)39(5)6)32-20-26(29-12-8-10-25-11-9-17-36-33(25)29)19-30(24(32)4)34(41)37-21-31-22(2)18-23(3)38-35(31)42/h8-12,17-20,27-28H,7,13-16,21H2,1-6H3,(H,37,41)(H,38,42). The van der Waals surface area contributed by atoms with Gasteiger partial charge in [0.05, 0.1) is 5.52 Å². The zero-order valence-corrected chi connectivity index (χ0v) is 25.8. The Hall–Kier alpha value is -3.97. The Bertz CT molecular complexity index is 1640. The molecule has 0 bridgehead atoms. The van der Waals surface area contributed by atoms with Crippen LogP contribution in [-0.2, 0) is 6.54 Å². The highest BCUT2D eigenvalue weighted by atomic mass is 16.1. The summed E-state index contributed by atoms with van der Waals surface area (Å²) in [6.07, 6.45) is 6.38. The SMILES string of the molecule is CCN(c1cc(-c2cccc3cccnc23)cc(C(=O)NCc2c(C)cc(C)[nH]c2=O)c1C)C1CCC(N(C)C)CC1. The molecule has 5 rings (SSSR count). The molecule has 2 N–H and O–H groups in total. The van der Waals surface area contributed by atoms with Crippen molar-refractivity contribution in [3.05, 3.63) is 93.0 Å². The van der Waals surface area contributed by atoms with Crippen LogP contribution in [0.15, 0.2) is 59.5 Å². The number of para-hydroxylation sites is 1. The minimum atomic E-state index is -0.185. The van der Waals surface area contributed by atoms with Crippen molar-refractivity contribution in [2.45, 2.75) is 72.0 Å². The molecule has 42 heavy (non-hydrogen) atoms. The summed E-state index contributed by atoms with van der Waals surface area (Å²) in [5.41, 5.74) is 7.64. The highest BCUT2D eigenvalue weighted by Gasteiger charge is 2.28. The quantitative estimate of drug-likeness (QED) is 0.268. The number of carbonyl (C=O) groups excluding carboxylic acids is 1. The van der Waals surface area contributed by atoms with E-state index < -0.39 is 0 Å². The lowest BCUT2D eigenvalue weighted by Crippen LogP contribution is -2.42. The number of benzene rings is 2. The minimum absolute atomic E-state index is 0.161. The number of amides is 1. The molecule has 0 spiro atoms. The van der Waals surface area contributed by atoms with E-state index in [1.807, 2.05) is 51.2 Å². The fraction of sp³-hybridized carbons (Fsp3) is 0.400. The zero-order valence-electron chi connectivity index (χ0n) is 25.8. The Kier molecular flexibility index (Phi) is 8.78. The molecule has 2 aromatic heterocycles. The molecule has 7 nitrogen and oxygen atoms in total. The molecule has 0 unspecified atom stereocenters. The molecule has 0 aliphatic heterocycles. The van der Waals surface area contributed by atoms with Gasteiger partial charge in [0.15, 0.2) is 0 Å². The van der Waals surface area contributed by atoms with E-state index >= 15 is 0 Å². The first kappa shape index (κ1) is 29.5. The molecule has 220 valence electrons. The molecule has 1 aliphatic carbocycles. The van der Waals surface area contributed by atoms with Gasteiger partial charge in [0.25, 0.3) is 11.5 Å². The van der Waals surface area contributed by atoms with Gasteiger partial charge < -0.3 is 20.1 Å². The molecule has 0 radical (unpaired) electrons. The first-order valence-electron chi connectivity index (χ1n) is 15.1. The fourth-order valence-electron chi connectivity index (χ4n) is 6.60. The van der Waals surface area contributed by atoms with Crippen LogP contribution in [0.3, 0.4) is 0 Å². The van der Waals surface area contributed by atoms with Gasteiger partial charge in [0.1, 0.15) is 0 Å². The normalized spacial score (nSPS) is 17.0. The van der Waals surface area contributed by atoms with Crippen molar-refractivity contribution in [3.8, 4) is 11.1 Å². The van der Waals surface area contributed by atoms with E-state index in [1.54, 1.807) is 0 Å². The summed E-state index contributed by atoms with van der Waals surface area (Å²) >= 11 is 0. The predicted molar refractivity (Wildman–Crippen MR) is 172 cm³/mol. The van der Waals surface area contributed by atoms with Gasteiger partial charge in [-0.3, -0.25) is 14.6 Å². The summed E-state index contributed by atoms with van der Waals surface area (Å²) in [4.78, 5) is 38.9. The Morgan fingerprint density at radius 3 is 2.40 bits per heavy atom. The summed E-state index contributed by atoms with van der Waals surface area (Å²) in [6, 6.07) is 17.4. The molecule has 0 saturated heterocycles. The zero-order chi connectivity index (χ0) is 30.0. The van der Waals surface area contributed by atoms with Crippen LogP contribution in [-0.4, -0.2) is 53.5 Å². The maximum absolute atomic E-state index is 13.9. The van der Waals surface area contributed by atoms with Crippen LogP contribution in [0, 0.1) is 20.8 Å². The van der Waals surface area contributed by atoms with Crippen LogP contribution >= 0.6 is 0 Å². The van der Waals surface area contributed by atoms with Gasteiger partial charge in [0.2, 0.25) is 0 Å². The number of rotatable bonds is 8. The molecule has 2 aromatic carbocycles. The van der Waals surface area contributed by atoms with Crippen LogP contribution in [0.2, 0.25) is 0 Å². The van der Waals surface area contributed by atoms with Crippen LogP contribution in [0.1, 0.15) is 65.3 Å². The van der Waals surface area contributed by atoms with Crippen LogP contribution in [0.25, 0.3) is 22.0 Å². The van der Waals surface area contributed by atoms with E-state index in [4.69, 9.17) is 4.98 Å². The smallest absolute Gasteiger partial charge is 0.253 e. The highest BCUT2D eigenvalue weighted by Crippen LogP contribution is 2.37. The number of aromatic nitrogens is 2. The molecule has 1 aliphatic rings. The highest BCUT2D eigenvalue weighted by molar-refractivity contribution is 6.01. The third-order valence-corrected chi connectivity index (χ3v) is 8.98. The van der Waals surface area contributed by atoms with Gasteiger partial charge in [-0.2, -0.15) is 0 Å². The summed E-state index contributed by atoms with van der Waals surface area (Å²) in [7, 11) is 4.34. The van der Waals surface area contributed by atoms with E-state index in [9.17, 15) is 9.59 Å². The summed E-state index contributed by atoms with van der Waals surface area (Å²) in [5, 5.41) is 4.12. The topological polar surface area (TPSA) is 81.3 Å². The maximum Gasteiger partial charge on any atom is 0.253 e. The van der Waals surface area contributed by atoms with E-state index in [0.717, 1.165) is 76.8 Å². The van der Waals surface area contributed by atoms with Crippen molar-refractivity contribution in [2.24, 2.45) is 0 Å². The fourth-order valence-corrected chi connectivity index (χ4v) is 6.60. The maximum atomic E-state index is 13.9. The molecule has 4 aromatic rings. The number of carbonyl (C=O) groups is 1. The van der Waals surface area contributed by atoms with Gasteiger partial charge in [-0.1, -0.05) is 24.3 Å². The molecule has 2 heterocycles. The van der Waals surface area contributed by atoms with Crippen molar-refractivity contribution in [1.82, 2.24) is 20.2 Å². The number of fused-ring (bicyclic) bond motifs is 1. The molecule has 0 atom stereocenters. The molecule has 1 amide bonds. The number of aryl methyl sites for hydroxylation is 2. The molecule has 1 saturated carbocycles. The number of hydrogen-bond donors (Lipinski definition) is 2. The lowest BCUT2D eigenvalue weighted by molar-refractivity contribution is 0.0950. The Labute approximate surface area is 249 Å². The third kappa shape index (κ3) is 5.97. The van der Waals surface area contributed by atoms with Gasteiger partial charge in [-0.25, -0.2) is 0 Å². The second kappa shape index (κ2) is 12.5. The van der Waals surface area contributed by atoms with E-state index in [1.165, 1.54) is 0 Å². The lowest BCUT2D eigenvalue weighted by Gasteiger charge is -2.40. The monoisotopic (exact) mass is 565 g/mol. The Morgan fingerprint density at radius 2 is 1.71 bits per heavy atom. The van der Waals surface area contributed by atoms with E-state index in [-0.39, 0.29) is 18.0 Å². The molecular formula is C35H43N5O2. The van der Waals surface area contributed by atoms with Crippen molar-refractivity contribution >= 4 is 22.5 Å². The summed E-state index contributed by atoms with van der Waals surface area (Å²) < 4.78 is 0. The Balaban J connectivity index is 1.56. The van der Waals surface area contributed by atoms with Crippen molar-refractivity contribution in [3.63, 3.8) is 0 Å². The number of pyridine rings is 2. The number of hydrogen-bond acceptors (Lipinski definition) is 5. The number of aromatic amines is 1. The van der Waals surface area contributed by atoms with E-state index in [0.29, 0.717) is 23.2 Å². The van der Waals surface area contributed by atoms with Crippen molar-refractivity contribution in [2.75, 3.05) is 25.5 Å². The van der Waals surface area contributed by atoms with Gasteiger partial charge in [-0.05, 0) is 108 Å². The largest absolute Gasteiger partial charge is 0.369 e. The number of nitrogens with zero attached hydrogens (tertiary/aromatic N) is 3. The molecule has 7 heteroatoms. The number of anilines is 1. The molecular weight excluding hydrogens is 522 g/mol. The van der Waals surface area contributed by atoms with Gasteiger partial charge in [-0.15, -0.1) is 0 Å². The average molecular weight is 566 g/mol. The van der Waals surface area contributed by atoms with Crippen molar-refractivity contribution in [1.29, 1.82) is 0 Å².